The van der Waals surface area contributed by atoms with Gasteiger partial charge < -0.3 is 5.73 Å². The number of anilines is 1. The number of nitrogen functional groups attached to an aromatic ring is 1. The van der Waals surface area contributed by atoms with Crippen molar-refractivity contribution in [3.63, 3.8) is 0 Å². The van der Waals surface area contributed by atoms with Crippen LogP contribution in [0.15, 0.2) is 0 Å². The van der Waals surface area contributed by atoms with Crippen LogP contribution >= 0.6 is 0 Å². The Balaban J connectivity index is 2.42. The highest BCUT2D eigenvalue weighted by molar-refractivity contribution is 5.41. The largest absolute Gasteiger partial charge is 0.382 e. The van der Waals surface area contributed by atoms with Crippen molar-refractivity contribution in [2.45, 2.75) is 39.2 Å². The van der Waals surface area contributed by atoms with Crippen LogP contribution in [0.5, 0.6) is 0 Å². The molecule has 1 aromatic heterocycles. The Morgan fingerprint density at radius 2 is 2.17 bits per heavy atom. The van der Waals surface area contributed by atoms with Gasteiger partial charge in [-0.3, -0.25) is 4.68 Å². The third-order valence-electron chi connectivity index (χ3n) is 2.64. The third kappa shape index (κ3) is 1.09. The van der Waals surface area contributed by atoms with Crippen molar-refractivity contribution >= 4 is 5.82 Å². The first kappa shape index (κ1) is 7.65. The quantitative estimate of drug-likeness (QED) is 0.633. The summed E-state index contributed by atoms with van der Waals surface area (Å²) in [5, 5.41) is 4.31. The zero-order valence-corrected chi connectivity index (χ0v) is 7.51. The number of aryl methyl sites for hydroxylation is 1. The summed E-state index contributed by atoms with van der Waals surface area (Å²) in [4.78, 5) is 0. The van der Waals surface area contributed by atoms with Gasteiger partial charge >= 0.3 is 0 Å². The molecule has 3 nitrogen and oxygen atoms in total. The Hall–Kier alpha value is -0.990. The van der Waals surface area contributed by atoms with Crippen LogP contribution in [-0.4, -0.2) is 9.78 Å². The number of nitrogens with zero attached hydrogens (tertiary/aromatic N) is 2. The normalized spacial score (nSPS) is 17.1. The van der Waals surface area contributed by atoms with Gasteiger partial charge in [0.25, 0.3) is 0 Å². The highest BCUT2D eigenvalue weighted by Gasteiger charge is 2.13. The molecule has 0 bridgehead atoms. The van der Waals surface area contributed by atoms with E-state index in [0.29, 0.717) is 5.82 Å². The lowest BCUT2D eigenvalue weighted by molar-refractivity contribution is 0.578. The Bertz CT molecular complexity index is 288. The molecular weight excluding hydrogens is 150 g/mol. The van der Waals surface area contributed by atoms with Gasteiger partial charge in [-0.05, 0) is 26.2 Å². The molecule has 0 unspecified atom stereocenters. The zero-order valence-electron chi connectivity index (χ0n) is 7.51. The molecule has 1 aliphatic heterocycles. The number of aromatic nitrogens is 2. The van der Waals surface area contributed by atoms with Crippen molar-refractivity contribution in [2.24, 2.45) is 0 Å². The molecule has 2 heterocycles. The molecular formula is C9H15N3. The van der Waals surface area contributed by atoms with Gasteiger partial charge in [0.05, 0.1) is 0 Å². The summed E-state index contributed by atoms with van der Waals surface area (Å²) < 4.78 is 2.08. The Kier molecular flexibility index (Phi) is 1.79. The lowest BCUT2D eigenvalue weighted by atomic mass is 10.1. The fourth-order valence-corrected chi connectivity index (χ4v) is 1.84. The first-order valence-electron chi connectivity index (χ1n) is 4.61. The molecule has 0 fully saturated rings. The van der Waals surface area contributed by atoms with E-state index in [1.807, 2.05) is 0 Å². The van der Waals surface area contributed by atoms with E-state index in [1.54, 1.807) is 0 Å². The van der Waals surface area contributed by atoms with E-state index in [4.69, 9.17) is 5.73 Å². The first-order chi connectivity index (χ1) is 5.79. The summed E-state index contributed by atoms with van der Waals surface area (Å²) in [6.45, 7) is 3.12. The van der Waals surface area contributed by atoms with Crippen LogP contribution < -0.4 is 5.73 Å². The Labute approximate surface area is 72.6 Å². The van der Waals surface area contributed by atoms with Gasteiger partial charge in [-0.1, -0.05) is 6.42 Å². The molecule has 2 rings (SSSR count). The van der Waals surface area contributed by atoms with E-state index < -0.39 is 0 Å². The minimum Gasteiger partial charge on any atom is -0.382 e. The van der Waals surface area contributed by atoms with E-state index in [-0.39, 0.29) is 0 Å². The number of rotatable bonds is 0. The second kappa shape index (κ2) is 2.81. The number of fused-ring (bicyclic) bond motifs is 1. The molecule has 0 radical (unpaired) electrons. The summed E-state index contributed by atoms with van der Waals surface area (Å²) in [6, 6.07) is 0. The summed E-state index contributed by atoms with van der Waals surface area (Å²) in [5.41, 5.74) is 8.28. The second-order valence-corrected chi connectivity index (χ2v) is 3.49. The molecule has 12 heavy (non-hydrogen) atoms. The van der Waals surface area contributed by atoms with Crippen molar-refractivity contribution in [1.82, 2.24) is 9.78 Å². The molecule has 1 aliphatic rings. The summed E-state index contributed by atoms with van der Waals surface area (Å²) in [7, 11) is 0. The van der Waals surface area contributed by atoms with Gasteiger partial charge in [-0.25, -0.2) is 0 Å². The lowest BCUT2D eigenvalue weighted by Crippen LogP contribution is -2.02. The second-order valence-electron chi connectivity index (χ2n) is 3.49. The Morgan fingerprint density at radius 3 is 3.00 bits per heavy atom. The summed E-state index contributed by atoms with van der Waals surface area (Å²) in [6.07, 6.45) is 5.00. The van der Waals surface area contributed by atoms with Gasteiger partial charge in [-0.2, -0.15) is 5.10 Å². The zero-order chi connectivity index (χ0) is 8.55. The van der Waals surface area contributed by atoms with Gasteiger partial charge in [0.1, 0.15) is 5.82 Å². The van der Waals surface area contributed by atoms with E-state index in [1.165, 1.54) is 30.5 Å². The number of hydrogen-bond donors (Lipinski definition) is 1. The van der Waals surface area contributed by atoms with Crippen molar-refractivity contribution in [2.75, 3.05) is 5.73 Å². The molecule has 2 N–H and O–H groups in total. The molecule has 66 valence electrons. The minimum atomic E-state index is 0.715. The van der Waals surface area contributed by atoms with Crippen LogP contribution in [-0.2, 0) is 13.0 Å². The molecule has 0 saturated carbocycles. The number of nitrogens with two attached hydrogens (primary N) is 1. The predicted molar refractivity (Wildman–Crippen MR) is 48.9 cm³/mol. The third-order valence-corrected chi connectivity index (χ3v) is 2.64. The highest BCUT2D eigenvalue weighted by Crippen LogP contribution is 2.21. The fourth-order valence-electron chi connectivity index (χ4n) is 1.84. The lowest BCUT2D eigenvalue weighted by Gasteiger charge is -2.00. The monoisotopic (exact) mass is 165 g/mol. The van der Waals surface area contributed by atoms with Crippen LogP contribution in [0.2, 0.25) is 0 Å². The van der Waals surface area contributed by atoms with E-state index >= 15 is 0 Å². The fraction of sp³-hybridized carbons (Fsp3) is 0.667. The molecule has 0 aromatic carbocycles. The minimum absolute atomic E-state index is 0.715. The standard InChI is InChI=1S/C9H15N3/c1-7-8-5-3-2-4-6-12(8)11-9(7)10/h2-6H2,1H3,(H2,10,11). The summed E-state index contributed by atoms with van der Waals surface area (Å²) >= 11 is 0. The molecule has 3 heteroatoms. The van der Waals surface area contributed by atoms with Crippen molar-refractivity contribution in [3.05, 3.63) is 11.3 Å². The summed E-state index contributed by atoms with van der Waals surface area (Å²) in [5.74, 6) is 0.715. The molecule has 1 aromatic rings. The molecule has 0 aliphatic carbocycles. The van der Waals surface area contributed by atoms with Crippen molar-refractivity contribution < 1.29 is 0 Å². The SMILES string of the molecule is Cc1c(N)nn2c1CCCCC2. The number of hydrogen-bond acceptors (Lipinski definition) is 2. The van der Waals surface area contributed by atoms with Crippen LogP contribution in [0.3, 0.4) is 0 Å². The topological polar surface area (TPSA) is 43.8 Å². The van der Waals surface area contributed by atoms with Crippen LogP contribution in [0.4, 0.5) is 5.82 Å². The molecule has 0 spiro atoms. The van der Waals surface area contributed by atoms with E-state index in [0.717, 1.165) is 13.0 Å². The van der Waals surface area contributed by atoms with Crippen LogP contribution in [0.1, 0.15) is 30.5 Å². The van der Waals surface area contributed by atoms with E-state index in [2.05, 4.69) is 16.7 Å². The molecule has 0 saturated heterocycles. The van der Waals surface area contributed by atoms with Crippen molar-refractivity contribution in [3.8, 4) is 0 Å². The maximum absolute atomic E-state index is 5.74. The van der Waals surface area contributed by atoms with Gasteiger partial charge in [0.2, 0.25) is 0 Å². The van der Waals surface area contributed by atoms with Gasteiger partial charge in [0.15, 0.2) is 0 Å². The van der Waals surface area contributed by atoms with Crippen LogP contribution in [0.25, 0.3) is 0 Å². The average Bonchev–Trinajstić information content (AvgIpc) is 2.30. The van der Waals surface area contributed by atoms with Gasteiger partial charge in [-0.15, -0.1) is 0 Å². The average molecular weight is 165 g/mol. The maximum atomic E-state index is 5.74. The molecule has 0 atom stereocenters. The van der Waals surface area contributed by atoms with E-state index in [9.17, 15) is 0 Å². The maximum Gasteiger partial charge on any atom is 0.148 e. The first-order valence-corrected chi connectivity index (χ1v) is 4.61. The molecule has 0 amide bonds. The van der Waals surface area contributed by atoms with Crippen LogP contribution in [0, 0.1) is 6.92 Å². The highest BCUT2D eigenvalue weighted by atomic mass is 15.3. The smallest absolute Gasteiger partial charge is 0.148 e. The van der Waals surface area contributed by atoms with Gasteiger partial charge in [0, 0.05) is 17.8 Å². The van der Waals surface area contributed by atoms with Crippen molar-refractivity contribution in [1.29, 1.82) is 0 Å². The predicted octanol–water partition coefficient (Wildman–Crippen LogP) is 1.50. The Morgan fingerprint density at radius 1 is 1.33 bits per heavy atom.